The van der Waals surface area contributed by atoms with Crippen LogP contribution in [0.1, 0.15) is 0 Å². The Morgan fingerprint density at radius 1 is 0.914 bits per heavy atom. The molecular weight excluding hydrogens is 466 g/mol. The largest absolute Gasteiger partial charge is 0.497 e. The van der Waals surface area contributed by atoms with E-state index in [1.54, 1.807) is 45.9 Å². The first-order valence-electron chi connectivity index (χ1n) is 11.2. The molecule has 1 fully saturated rings. The molecule has 184 valence electrons. The fourth-order valence-electron chi connectivity index (χ4n) is 3.87. The number of nitrogens with one attached hydrogen (secondary N) is 1. The van der Waals surface area contributed by atoms with E-state index < -0.39 is 0 Å². The second-order valence-corrected chi connectivity index (χ2v) is 8.79. The third kappa shape index (κ3) is 6.27. The molecule has 0 saturated carbocycles. The van der Waals surface area contributed by atoms with Gasteiger partial charge in [0.15, 0.2) is 0 Å². The maximum absolute atomic E-state index is 12.5. The molecule has 10 heteroatoms. The number of hydrogen-bond acceptors (Lipinski definition) is 9. The van der Waals surface area contributed by atoms with Crippen LogP contribution in [-0.2, 0) is 4.79 Å². The summed E-state index contributed by atoms with van der Waals surface area (Å²) in [4.78, 5) is 25.9. The highest BCUT2D eigenvalue weighted by atomic mass is 32.2. The lowest BCUT2D eigenvalue weighted by atomic mass is 10.2. The molecule has 35 heavy (non-hydrogen) atoms. The number of amides is 1. The standard InChI is InChI=1S/C25H29N5O4S/c1-32-19-12-18(13-20(14-19)33-2)28-24(31)16-35-25-15-23(26-17-27-25)30-10-8-29(9-11-30)21-6-4-5-7-22(21)34-3/h4-7,12-15,17H,8-11,16H2,1-3H3,(H,28,31). The van der Waals surface area contributed by atoms with Gasteiger partial charge >= 0.3 is 0 Å². The van der Waals surface area contributed by atoms with Crippen LogP contribution in [0.15, 0.2) is 59.9 Å². The van der Waals surface area contributed by atoms with Crippen molar-refractivity contribution >= 4 is 34.9 Å². The van der Waals surface area contributed by atoms with Crippen molar-refractivity contribution in [1.82, 2.24) is 9.97 Å². The minimum atomic E-state index is -0.143. The molecule has 9 nitrogen and oxygen atoms in total. The molecule has 0 unspecified atom stereocenters. The fraction of sp³-hybridized carbons (Fsp3) is 0.320. The molecule has 4 rings (SSSR count). The molecule has 0 atom stereocenters. The molecule has 1 saturated heterocycles. The number of nitrogens with zero attached hydrogens (tertiary/aromatic N) is 4. The monoisotopic (exact) mass is 495 g/mol. The molecular formula is C25H29N5O4S. The summed E-state index contributed by atoms with van der Waals surface area (Å²) in [5.41, 5.74) is 1.72. The van der Waals surface area contributed by atoms with Gasteiger partial charge < -0.3 is 29.3 Å². The van der Waals surface area contributed by atoms with Gasteiger partial charge in [0, 0.05) is 56.1 Å². The summed E-state index contributed by atoms with van der Waals surface area (Å²) in [5, 5.41) is 3.63. The van der Waals surface area contributed by atoms with Crippen molar-refractivity contribution in [3.8, 4) is 17.2 Å². The van der Waals surface area contributed by atoms with E-state index in [-0.39, 0.29) is 11.7 Å². The molecule has 1 aliphatic rings. The van der Waals surface area contributed by atoms with Gasteiger partial charge in [-0.2, -0.15) is 0 Å². The Kier molecular flexibility index (Phi) is 8.15. The van der Waals surface area contributed by atoms with Crippen molar-refractivity contribution < 1.29 is 19.0 Å². The van der Waals surface area contributed by atoms with E-state index in [0.29, 0.717) is 17.2 Å². The molecule has 3 aromatic rings. The Bertz CT molecular complexity index is 1130. The van der Waals surface area contributed by atoms with Crippen LogP contribution in [0.25, 0.3) is 0 Å². The van der Waals surface area contributed by atoms with Gasteiger partial charge in [-0.15, -0.1) is 0 Å². The highest BCUT2D eigenvalue weighted by Gasteiger charge is 2.21. The number of ether oxygens (including phenoxy) is 3. The van der Waals surface area contributed by atoms with Crippen molar-refractivity contribution in [3.63, 3.8) is 0 Å². The van der Waals surface area contributed by atoms with Crippen LogP contribution < -0.4 is 29.3 Å². The van der Waals surface area contributed by atoms with E-state index in [1.807, 2.05) is 24.3 Å². The third-order valence-electron chi connectivity index (χ3n) is 5.64. The van der Waals surface area contributed by atoms with Crippen molar-refractivity contribution in [1.29, 1.82) is 0 Å². The summed E-state index contributed by atoms with van der Waals surface area (Å²) in [6, 6.07) is 15.3. The number of aromatic nitrogens is 2. The molecule has 2 aromatic carbocycles. The van der Waals surface area contributed by atoms with E-state index in [1.165, 1.54) is 11.8 Å². The normalized spacial score (nSPS) is 13.3. The lowest BCUT2D eigenvalue weighted by Gasteiger charge is -2.37. The minimum absolute atomic E-state index is 0.143. The molecule has 1 aliphatic heterocycles. The predicted molar refractivity (Wildman–Crippen MR) is 138 cm³/mol. The molecule has 0 radical (unpaired) electrons. The quantitative estimate of drug-likeness (QED) is 0.354. The van der Waals surface area contributed by atoms with E-state index in [9.17, 15) is 4.79 Å². The van der Waals surface area contributed by atoms with Gasteiger partial charge in [0.25, 0.3) is 0 Å². The number of carbonyl (C=O) groups is 1. The maximum atomic E-state index is 12.5. The number of piperazine rings is 1. The van der Waals surface area contributed by atoms with Crippen molar-refractivity contribution in [2.45, 2.75) is 5.03 Å². The molecule has 1 N–H and O–H groups in total. The number of carbonyl (C=O) groups excluding carboxylic acids is 1. The van der Waals surface area contributed by atoms with Crippen LogP contribution >= 0.6 is 11.8 Å². The number of thioether (sulfide) groups is 1. The zero-order chi connectivity index (χ0) is 24.6. The number of para-hydroxylation sites is 2. The fourth-order valence-corrected chi connectivity index (χ4v) is 4.53. The zero-order valence-electron chi connectivity index (χ0n) is 20.1. The van der Waals surface area contributed by atoms with Gasteiger partial charge in [-0.05, 0) is 12.1 Å². The van der Waals surface area contributed by atoms with Gasteiger partial charge in [0.2, 0.25) is 5.91 Å². The van der Waals surface area contributed by atoms with E-state index in [0.717, 1.165) is 48.5 Å². The first kappa shape index (κ1) is 24.5. The number of hydrogen-bond donors (Lipinski definition) is 1. The predicted octanol–water partition coefficient (Wildman–Crippen LogP) is 3.56. The van der Waals surface area contributed by atoms with Gasteiger partial charge in [-0.3, -0.25) is 4.79 Å². The van der Waals surface area contributed by atoms with E-state index in [2.05, 4.69) is 31.2 Å². The maximum Gasteiger partial charge on any atom is 0.234 e. The van der Waals surface area contributed by atoms with E-state index in [4.69, 9.17) is 14.2 Å². The van der Waals surface area contributed by atoms with Crippen LogP contribution in [0.4, 0.5) is 17.2 Å². The zero-order valence-corrected chi connectivity index (χ0v) is 20.9. The van der Waals surface area contributed by atoms with Gasteiger partial charge in [-0.1, -0.05) is 23.9 Å². The highest BCUT2D eigenvalue weighted by molar-refractivity contribution is 7.99. The third-order valence-corrected chi connectivity index (χ3v) is 6.57. The summed E-state index contributed by atoms with van der Waals surface area (Å²) in [5.74, 6) is 3.04. The average Bonchev–Trinajstić information content (AvgIpc) is 2.92. The second-order valence-electron chi connectivity index (χ2n) is 7.80. The highest BCUT2D eigenvalue weighted by Crippen LogP contribution is 2.30. The Balaban J connectivity index is 1.32. The van der Waals surface area contributed by atoms with Crippen molar-refractivity contribution in [3.05, 3.63) is 54.9 Å². The first-order chi connectivity index (χ1) is 17.1. The summed E-state index contributed by atoms with van der Waals surface area (Å²) < 4.78 is 16.0. The van der Waals surface area contributed by atoms with Crippen molar-refractivity contribution in [2.75, 3.05) is 68.4 Å². The summed E-state index contributed by atoms with van der Waals surface area (Å²) in [6.45, 7) is 3.38. The molecule has 2 heterocycles. The molecule has 0 bridgehead atoms. The Morgan fingerprint density at radius 3 is 2.29 bits per heavy atom. The molecule has 0 aliphatic carbocycles. The van der Waals surface area contributed by atoms with Gasteiger partial charge in [0.05, 0.1) is 32.8 Å². The molecule has 1 amide bonds. The lowest BCUT2D eigenvalue weighted by molar-refractivity contribution is -0.113. The van der Waals surface area contributed by atoms with Crippen LogP contribution in [0.3, 0.4) is 0 Å². The Hall–Kier alpha value is -3.66. The number of methoxy groups -OCH3 is 3. The summed E-state index contributed by atoms with van der Waals surface area (Å²) in [6.07, 6.45) is 1.55. The Morgan fingerprint density at radius 2 is 1.60 bits per heavy atom. The first-order valence-corrected chi connectivity index (χ1v) is 12.2. The summed E-state index contributed by atoms with van der Waals surface area (Å²) >= 11 is 1.37. The average molecular weight is 496 g/mol. The molecule has 0 spiro atoms. The van der Waals surface area contributed by atoms with Crippen molar-refractivity contribution in [2.24, 2.45) is 0 Å². The topological polar surface area (TPSA) is 89.1 Å². The number of rotatable bonds is 9. The van der Waals surface area contributed by atoms with Gasteiger partial charge in [-0.25, -0.2) is 9.97 Å². The second kappa shape index (κ2) is 11.7. The van der Waals surface area contributed by atoms with Crippen LogP contribution in [0, 0.1) is 0 Å². The lowest BCUT2D eigenvalue weighted by Crippen LogP contribution is -2.47. The Labute approximate surface area is 209 Å². The van der Waals surface area contributed by atoms with Crippen LogP contribution in [0.2, 0.25) is 0 Å². The van der Waals surface area contributed by atoms with Crippen LogP contribution in [0.5, 0.6) is 17.2 Å². The number of benzene rings is 2. The van der Waals surface area contributed by atoms with Gasteiger partial charge in [0.1, 0.15) is 34.4 Å². The number of anilines is 3. The van der Waals surface area contributed by atoms with E-state index >= 15 is 0 Å². The minimum Gasteiger partial charge on any atom is -0.497 e. The SMILES string of the molecule is COc1cc(NC(=O)CSc2cc(N3CCN(c4ccccc4OC)CC3)ncn2)cc(OC)c1. The smallest absolute Gasteiger partial charge is 0.234 e. The molecule has 1 aromatic heterocycles. The summed E-state index contributed by atoms with van der Waals surface area (Å²) in [7, 11) is 4.84. The van der Waals surface area contributed by atoms with Crippen LogP contribution in [-0.4, -0.2) is 69.1 Å².